The summed E-state index contributed by atoms with van der Waals surface area (Å²) >= 11 is 5.87. The van der Waals surface area contributed by atoms with Gasteiger partial charge in [-0.15, -0.1) is 0 Å². The number of anilines is 2. The Morgan fingerprint density at radius 3 is 2.15 bits per heavy atom. The molecule has 1 aliphatic heterocycles. The van der Waals surface area contributed by atoms with E-state index in [1.165, 1.54) is 0 Å². The lowest BCUT2D eigenvalue weighted by molar-refractivity contribution is -0.121. The van der Waals surface area contributed by atoms with Crippen LogP contribution in [0.3, 0.4) is 0 Å². The number of nitrogens with one attached hydrogen (secondary N) is 1. The maximum atomic E-state index is 12.5. The lowest BCUT2D eigenvalue weighted by Gasteiger charge is -2.31. The molecule has 3 rings (SSSR count). The monoisotopic (exact) mass is 385 g/mol. The Kier molecular flexibility index (Phi) is 6.01. The lowest BCUT2D eigenvalue weighted by Crippen LogP contribution is -2.41. The van der Waals surface area contributed by atoms with Crippen molar-refractivity contribution in [1.29, 1.82) is 0 Å². The summed E-state index contributed by atoms with van der Waals surface area (Å²) in [4.78, 5) is 28.9. The molecule has 0 aliphatic carbocycles. The zero-order valence-corrected chi connectivity index (χ0v) is 16.4. The van der Waals surface area contributed by atoms with Gasteiger partial charge < -0.3 is 15.1 Å². The van der Waals surface area contributed by atoms with Gasteiger partial charge in [0.25, 0.3) is 5.91 Å². The number of benzene rings is 2. The number of hydrogen-bond acceptors (Lipinski definition) is 3. The van der Waals surface area contributed by atoms with Crippen molar-refractivity contribution in [1.82, 2.24) is 4.90 Å². The second-order valence-electron chi connectivity index (χ2n) is 7.00. The van der Waals surface area contributed by atoms with Crippen molar-refractivity contribution in [2.75, 3.05) is 37.4 Å². The lowest BCUT2D eigenvalue weighted by atomic mass is 9.95. The Balaban J connectivity index is 1.53. The Morgan fingerprint density at radius 1 is 1.00 bits per heavy atom. The first kappa shape index (κ1) is 19.2. The maximum absolute atomic E-state index is 12.5. The van der Waals surface area contributed by atoms with Crippen LogP contribution in [0.5, 0.6) is 0 Å². The molecule has 6 heteroatoms. The Morgan fingerprint density at radius 2 is 1.59 bits per heavy atom. The van der Waals surface area contributed by atoms with Gasteiger partial charge in [0.15, 0.2) is 0 Å². The molecule has 2 amide bonds. The molecule has 1 aliphatic rings. The van der Waals surface area contributed by atoms with Crippen LogP contribution in [0, 0.1) is 5.92 Å². The van der Waals surface area contributed by atoms with E-state index in [0.717, 1.165) is 11.4 Å². The van der Waals surface area contributed by atoms with Gasteiger partial charge in [0, 0.05) is 55.1 Å². The summed E-state index contributed by atoms with van der Waals surface area (Å²) in [7, 11) is 3.96. The second kappa shape index (κ2) is 8.44. The van der Waals surface area contributed by atoms with Gasteiger partial charge in [-0.1, -0.05) is 11.6 Å². The van der Waals surface area contributed by atoms with Crippen molar-refractivity contribution < 1.29 is 9.59 Å². The predicted octanol–water partition coefficient (Wildman–Crippen LogP) is 3.90. The smallest absolute Gasteiger partial charge is 0.253 e. The van der Waals surface area contributed by atoms with Crippen LogP contribution in [0.2, 0.25) is 5.02 Å². The van der Waals surface area contributed by atoms with Gasteiger partial charge in [-0.2, -0.15) is 0 Å². The third-order valence-electron chi connectivity index (χ3n) is 4.90. The number of halogens is 1. The van der Waals surface area contributed by atoms with Gasteiger partial charge >= 0.3 is 0 Å². The van der Waals surface area contributed by atoms with E-state index in [1.54, 1.807) is 29.2 Å². The predicted molar refractivity (Wildman–Crippen MR) is 109 cm³/mol. The van der Waals surface area contributed by atoms with Crippen LogP contribution in [0.25, 0.3) is 0 Å². The summed E-state index contributed by atoms with van der Waals surface area (Å²) in [5.41, 5.74) is 2.51. The first-order valence-electron chi connectivity index (χ1n) is 9.07. The van der Waals surface area contributed by atoms with Crippen molar-refractivity contribution in [2.24, 2.45) is 5.92 Å². The summed E-state index contributed by atoms with van der Waals surface area (Å²) in [6.45, 7) is 1.16. The minimum Gasteiger partial charge on any atom is -0.378 e. The van der Waals surface area contributed by atoms with Crippen LogP contribution in [0.15, 0.2) is 48.5 Å². The zero-order valence-electron chi connectivity index (χ0n) is 15.6. The van der Waals surface area contributed by atoms with E-state index in [9.17, 15) is 9.59 Å². The number of hydrogen-bond donors (Lipinski definition) is 1. The van der Waals surface area contributed by atoms with Crippen molar-refractivity contribution >= 4 is 34.8 Å². The molecule has 27 heavy (non-hydrogen) atoms. The molecule has 0 aromatic heterocycles. The third-order valence-corrected chi connectivity index (χ3v) is 5.15. The van der Waals surface area contributed by atoms with E-state index in [4.69, 9.17) is 11.6 Å². The van der Waals surface area contributed by atoms with Crippen molar-refractivity contribution in [3.63, 3.8) is 0 Å². The molecule has 2 aromatic rings. The highest BCUT2D eigenvalue weighted by Gasteiger charge is 2.27. The number of carbonyl (C=O) groups excluding carboxylic acids is 2. The fourth-order valence-corrected chi connectivity index (χ4v) is 3.33. The summed E-state index contributed by atoms with van der Waals surface area (Å²) in [5.74, 6) is -0.0659. The molecular formula is C21H24ClN3O2. The minimum absolute atomic E-state index is 0.00945. The van der Waals surface area contributed by atoms with Crippen LogP contribution in [-0.2, 0) is 4.79 Å². The number of amides is 2. The molecular weight excluding hydrogens is 362 g/mol. The van der Waals surface area contributed by atoms with Gasteiger partial charge in [0.05, 0.1) is 0 Å². The Bertz CT molecular complexity index is 795. The van der Waals surface area contributed by atoms with E-state index >= 15 is 0 Å². The standard InChI is InChI=1S/C21H24ClN3O2/c1-24(2)19-9-7-18(8-10-19)23-20(26)15-11-13-25(14-12-15)21(27)16-3-5-17(22)6-4-16/h3-10,15H,11-14H2,1-2H3,(H,23,26). The highest BCUT2D eigenvalue weighted by atomic mass is 35.5. The van der Waals surface area contributed by atoms with Crippen molar-refractivity contribution in [3.05, 3.63) is 59.1 Å². The molecule has 0 unspecified atom stereocenters. The number of nitrogens with zero attached hydrogens (tertiary/aromatic N) is 2. The molecule has 0 saturated carbocycles. The summed E-state index contributed by atoms with van der Waals surface area (Å²) in [6, 6.07) is 14.7. The fraction of sp³-hybridized carbons (Fsp3) is 0.333. The molecule has 1 N–H and O–H groups in total. The topological polar surface area (TPSA) is 52.7 Å². The van der Waals surface area contributed by atoms with Gasteiger partial charge in [-0.25, -0.2) is 0 Å². The quantitative estimate of drug-likeness (QED) is 0.868. The summed E-state index contributed by atoms with van der Waals surface area (Å²) in [6.07, 6.45) is 1.34. The first-order valence-corrected chi connectivity index (χ1v) is 9.45. The van der Waals surface area contributed by atoms with Crippen molar-refractivity contribution in [2.45, 2.75) is 12.8 Å². The van der Waals surface area contributed by atoms with Crippen LogP contribution in [0.4, 0.5) is 11.4 Å². The molecule has 1 heterocycles. The number of piperidine rings is 1. The van der Waals surface area contributed by atoms with Gasteiger partial charge in [-0.05, 0) is 61.4 Å². The van der Waals surface area contributed by atoms with E-state index in [1.807, 2.05) is 43.3 Å². The minimum atomic E-state index is -0.0761. The van der Waals surface area contributed by atoms with E-state index in [0.29, 0.717) is 36.5 Å². The SMILES string of the molecule is CN(C)c1ccc(NC(=O)C2CCN(C(=O)c3ccc(Cl)cc3)CC2)cc1. The second-order valence-corrected chi connectivity index (χ2v) is 7.44. The van der Waals surface area contributed by atoms with E-state index in [2.05, 4.69) is 5.32 Å². The van der Waals surface area contributed by atoms with E-state index < -0.39 is 0 Å². The fourth-order valence-electron chi connectivity index (χ4n) is 3.21. The highest BCUT2D eigenvalue weighted by Crippen LogP contribution is 2.22. The van der Waals surface area contributed by atoms with Crippen molar-refractivity contribution in [3.8, 4) is 0 Å². The van der Waals surface area contributed by atoms with Crippen LogP contribution >= 0.6 is 11.6 Å². The zero-order chi connectivity index (χ0) is 19.4. The third kappa shape index (κ3) is 4.80. The molecule has 0 radical (unpaired) electrons. The number of likely N-dealkylation sites (tertiary alicyclic amines) is 1. The Hall–Kier alpha value is -2.53. The average molecular weight is 386 g/mol. The van der Waals surface area contributed by atoms with Gasteiger partial charge in [0.2, 0.25) is 5.91 Å². The molecule has 0 bridgehead atoms. The van der Waals surface area contributed by atoms with Crippen LogP contribution in [0.1, 0.15) is 23.2 Å². The maximum Gasteiger partial charge on any atom is 0.253 e. The molecule has 0 atom stereocenters. The van der Waals surface area contributed by atoms with Gasteiger partial charge in [0.1, 0.15) is 0 Å². The van der Waals surface area contributed by atoms with Crippen LogP contribution in [-0.4, -0.2) is 43.9 Å². The number of rotatable bonds is 4. The number of carbonyl (C=O) groups is 2. The Labute approximate surface area is 164 Å². The highest BCUT2D eigenvalue weighted by molar-refractivity contribution is 6.30. The normalized spacial score (nSPS) is 14.7. The molecule has 142 valence electrons. The molecule has 2 aromatic carbocycles. The van der Waals surface area contributed by atoms with E-state index in [-0.39, 0.29) is 17.7 Å². The largest absolute Gasteiger partial charge is 0.378 e. The molecule has 5 nitrogen and oxygen atoms in total. The molecule has 1 fully saturated rings. The van der Waals surface area contributed by atoms with Gasteiger partial charge in [-0.3, -0.25) is 9.59 Å². The molecule has 0 spiro atoms. The average Bonchev–Trinajstić information content (AvgIpc) is 2.68. The summed E-state index contributed by atoms with van der Waals surface area (Å²) < 4.78 is 0. The molecule has 1 saturated heterocycles. The first-order chi connectivity index (χ1) is 12.9. The summed E-state index contributed by atoms with van der Waals surface area (Å²) in [5, 5.41) is 3.60. The van der Waals surface area contributed by atoms with Crippen LogP contribution < -0.4 is 10.2 Å².